The fraction of sp³-hybridized carbons (Fsp3) is 0.312. The summed E-state index contributed by atoms with van der Waals surface area (Å²) in [6.45, 7) is 8.61. The van der Waals surface area contributed by atoms with Crippen molar-refractivity contribution in [3.05, 3.63) is 82.4 Å². The van der Waals surface area contributed by atoms with Crippen LogP contribution in [-0.4, -0.2) is 54.2 Å². The quantitative estimate of drug-likeness (QED) is 0.0726. The number of benzene rings is 2. The summed E-state index contributed by atoms with van der Waals surface area (Å²) in [5.74, 6) is -1.19. The third-order valence-electron chi connectivity index (χ3n) is 6.98. The number of aliphatic hydroxyl groups excluding tert-OH is 1. The Labute approximate surface area is 253 Å². The molecule has 1 fully saturated rings. The number of esters is 1. The number of aryl methyl sites for hydroxylation is 1. The number of aliphatic hydroxyl groups is 1. The predicted octanol–water partition coefficient (Wildman–Crippen LogP) is 5.76. The molecule has 0 radical (unpaired) electrons. The van der Waals surface area contributed by atoms with Crippen LogP contribution in [0.4, 0.5) is 5.13 Å². The van der Waals surface area contributed by atoms with Gasteiger partial charge >= 0.3 is 11.9 Å². The molecule has 1 saturated heterocycles. The van der Waals surface area contributed by atoms with Gasteiger partial charge in [0.1, 0.15) is 36.2 Å². The van der Waals surface area contributed by atoms with E-state index in [1.165, 1.54) is 11.0 Å². The smallest absolute Gasteiger partial charge is 0.350 e. The zero-order valence-electron chi connectivity index (χ0n) is 24.0. The molecule has 3 aromatic rings. The topological polar surface area (TPSA) is 124 Å². The number of nitrogens with zero attached hydrogens (tertiary/aromatic N) is 2. The summed E-state index contributed by atoms with van der Waals surface area (Å²) in [5, 5.41) is 11.7. The van der Waals surface area contributed by atoms with Gasteiger partial charge in [0.2, 0.25) is 0 Å². The highest BCUT2D eigenvalue weighted by atomic mass is 32.1. The van der Waals surface area contributed by atoms with E-state index >= 15 is 0 Å². The van der Waals surface area contributed by atoms with Crippen molar-refractivity contribution in [1.82, 2.24) is 4.98 Å². The number of amides is 1. The van der Waals surface area contributed by atoms with Gasteiger partial charge < -0.3 is 24.1 Å². The number of thiazole rings is 1. The van der Waals surface area contributed by atoms with E-state index in [-0.39, 0.29) is 33.5 Å². The summed E-state index contributed by atoms with van der Waals surface area (Å²) < 4.78 is 22.3. The fourth-order valence-corrected chi connectivity index (χ4v) is 5.84. The Hall–Kier alpha value is -4.64. The van der Waals surface area contributed by atoms with Crippen LogP contribution in [0.3, 0.4) is 0 Å². The predicted molar refractivity (Wildman–Crippen MR) is 161 cm³/mol. The lowest BCUT2D eigenvalue weighted by Gasteiger charge is -2.23. The van der Waals surface area contributed by atoms with E-state index in [4.69, 9.17) is 18.9 Å². The van der Waals surface area contributed by atoms with E-state index in [1.54, 1.807) is 49.4 Å². The second-order valence-corrected chi connectivity index (χ2v) is 10.9. The maximum atomic E-state index is 13.6. The number of fused-ring (bicyclic) bond motifs is 1. The normalized spacial score (nSPS) is 17.2. The van der Waals surface area contributed by atoms with E-state index in [0.29, 0.717) is 48.3 Å². The van der Waals surface area contributed by atoms with Gasteiger partial charge in [-0.3, -0.25) is 14.5 Å². The van der Waals surface area contributed by atoms with Crippen molar-refractivity contribution in [2.45, 2.75) is 39.2 Å². The van der Waals surface area contributed by atoms with Crippen molar-refractivity contribution in [2.75, 3.05) is 31.3 Å². The Morgan fingerprint density at radius 3 is 2.60 bits per heavy atom. The number of carbonyl (C=O) groups excluding carboxylic acids is 3. The van der Waals surface area contributed by atoms with Gasteiger partial charge in [-0.05, 0) is 49.2 Å². The summed E-state index contributed by atoms with van der Waals surface area (Å²) in [5.41, 5.74) is 1.05. The Balaban J connectivity index is 1.58. The number of hydrogen-bond acceptors (Lipinski definition) is 10. The highest BCUT2D eigenvalue weighted by Crippen LogP contribution is 2.45. The molecule has 0 bridgehead atoms. The first-order chi connectivity index (χ1) is 20.8. The Morgan fingerprint density at radius 1 is 1.14 bits per heavy atom. The van der Waals surface area contributed by atoms with E-state index < -0.39 is 23.7 Å². The third-order valence-corrected chi connectivity index (χ3v) is 8.12. The minimum Gasteiger partial charge on any atom is -0.507 e. The molecule has 43 heavy (non-hydrogen) atoms. The number of ether oxygens (including phenoxy) is 4. The van der Waals surface area contributed by atoms with Crippen LogP contribution in [0.2, 0.25) is 0 Å². The van der Waals surface area contributed by atoms with Gasteiger partial charge in [-0.25, -0.2) is 9.78 Å². The van der Waals surface area contributed by atoms with Crippen LogP contribution in [0.5, 0.6) is 17.2 Å². The molecule has 11 heteroatoms. The summed E-state index contributed by atoms with van der Waals surface area (Å²) in [6, 6.07) is 10.8. The Morgan fingerprint density at radius 2 is 1.88 bits per heavy atom. The van der Waals surface area contributed by atoms with Crippen LogP contribution >= 0.6 is 11.3 Å². The minimum absolute atomic E-state index is 0.0123. The van der Waals surface area contributed by atoms with Gasteiger partial charge in [0.05, 0.1) is 23.9 Å². The Kier molecular flexibility index (Phi) is 9.10. The molecule has 0 saturated carbocycles. The van der Waals surface area contributed by atoms with Crippen molar-refractivity contribution in [3.63, 3.8) is 0 Å². The molecule has 2 aliphatic heterocycles. The first kappa shape index (κ1) is 29.8. The molecular formula is C32H32N2O8S. The molecule has 1 atom stereocenters. The van der Waals surface area contributed by atoms with E-state index in [1.807, 2.05) is 0 Å². The molecule has 1 unspecified atom stereocenters. The van der Waals surface area contributed by atoms with Gasteiger partial charge in [-0.15, -0.1) is 0 Å². The second kappa shape index (κ2) is 13.1. The summed E-state index contributed by atoms with van der Waals surface area (Å²) in [6.07, 6.45) is 4.51. The molecule has 2 aromatic carbocycles. The largest absolute Gasteiger partial charge is 0.507 e. The van der Waals surface area contributed by atoms with Crippen molar-refractivity contribution < 1.29 is 38.4 Å². The number of Topliss-reactive ketones (excluding diaryl/α,β-unsaturated/α-hetero) is 1. The van der Waals surface area contributed by atoms with Crippen molar-refractivity contribution in [2.24, 2.45) is 0 Å². The number of hydrogen-bond donors (Lipinski definition) is 1. The van der Waals surface area contributed by atoms with Gasteiger partial charge in [-0.2, -0.15) is 0 Å². The van der Waals surface area contributed by atoms with Crippen molar-refractivity contribution >= 4 is 39.9 Å². The van der Waals surface area contributed by atoms with Crippen LogP contribution < -0.4 is 19.1 Å². The number of anilines is 1. The molecular weight excluding hydrogens is 572 g/mol. The monoisotopic (exact) mass is 604 g/mol. The maximum absolute atomic E-state index is 13.6. The summed E-state index contributed by atoms with van der Waals surface area (Å²) >= 11 is 0.934. The molecule has 0 spiro atoms. The second-order valence-electron chi connectivity index (χ2n) is 9.95. The van der Waals surface area contributed by atoms with Crippen LogP contribution in [0, 0.1) is 6.92 Å². The van der Waals surface area contributed by atoms with Crippen LogP contribution in [0.25, 0.3) is 5.76 Å². The van der Waals surface area contributed by atoms with Gasteiger partial charge in [-0.1, -0.05) is 55.9 Å². The molecule has 1 aromatic heterocycles. The van der Waals surface area contributed by atoms with E-state index in [0.717, 1.165) is 30.6 Å². The van der Waals surface area contributed by atoms with Crippen molar-refractivity contribution in [1.29, 1.82) is 0 Å². The van der Waals surface area contributed by atoms with Crippen molar-refractivity contribution in [3.8, 4) is 17.2 Å². The minimum atomic E-state index is -1.04. The number of rotatable bonds is 11. The first-order valence-corrected chi connectivity index (χ1v) is 14.8. The number of aromatic nitrogens is 1. The highest BCUT2D eigenvalue weighted by Gasteiger charge is 2.48. The summed E-state index contributed by atoms with van der Waals surface area (Å²) in [7, 11) is 0. The lowest BCUT2D eigenvalue weighted by atomic mass is 9.95. The Bertz CT molecular complexity index is 1580. The maximum Gasteiger partial charge on any atom is 0.350 e. The SMILES string of the molecule is C=CCOC(=O)c1sc(N2C(=O)C(=O)/C(=C(/O)c3ccc4c(c3)OCCO4)C2c2ccc(OCCCCC)cc2)nc1C. The fourth-order valence-electron chi connectivity index (χ4n) is 4.85. The average Bonchev–Trinajstić information content (AvgIpc) is 3.53. The lowest BCUT2D eigenvalue weighted by molar-refractivity contribution is -0.132. The van der Waals surface area contributed by atoms with Crippen LogP contribution in [0.1, 0.15) is 58.7 Å². The zero-order valence-corrected chi connectivity index (χ0v) is 24.8. The number of carbonyl (C=O) groups is 3. The summed E-state index contributed by atoms with van der Waals surface area (Å²) in [4.78, 5) is 45.7. The molecule has 3 heterocycles. The molecule has 1 amide bonds. The van der Waals surface area contributed by atoms with Crippen LogP contribution in [-0.2, 0) is 14.3 Å². The number of ketones is 1. The molecule has 2 aliphatic rings. The van der Waals surface area contributed by atoms with Gasteiger partial charge in [0, 0.05) is 5.56 Å². The lowest BCUT2D eigenvalue weighted by Crippen LogP contribution is -2.29. The average molecular weight is 605 g/mol. The first-order valence-electron chi connectivity index (χ1n) is 14.0. The number of unbranched alkanes of at least 4 members (excludes halogenated alkanes) is 2. The molecule has 10 nitrogen and oxygen atoms in total. The molecule has 5 rings (SSSR count). The standard InChI is InChI=1S/C32H32N2O8S/c1-4-6-7-15-39-22-11-8-20(9-12-22)26-25(27(35)21-10-13-23-24(18-21)41-17-16-40-23)28(36)30(37)34(26)32-33-19(3)29(43-32)31(38)42-14-5-2/h5,8-13,18,26,35H,2,4,6-7,14-17H2,1,3H3/b27-25+. The molecule has 224 valence electrons. The molecule has 1 N–H and O–H groups in total. The van der Waals surface area contributed by atoms with Gasteiger partial charge in [0.25, 0.3) is 5.78 Å². The highest BCUT2D eigenvalue weighted by molar-refractivity contribution is 7.17. The van der Waals surface area contributed by atoms with E-state index in [2.05, 4.69) is 18.5 Å². The third kappa shape index (κ3) is 6.12. The van der Waals surface area contributed by atoms with E-state index in [9.17, 15) is 19.5 Å². The molecule has 0 aliphatic carbocycles. The van der Waals surface area contributed by atoms with Crippen LogP contribution in [0.15, 0.2) is 60.7 Å². The van der Waals surface area contributed by atoms with Gasteiger partial charge in [0.15, 0.2) is 16.6 Å². The zero-order chi connectivity index (χ0) is 30.5.